The minimum absolute atomic E-state index is 0.0597. The predicted molar refractivity (Wildman–Crippen MR) is 160 cm³/mol. The fraction of sp³-hybridized carbons (Fsp3) is 0.645. The van der Waals surface area contributed by atoms with Crippen LogP contribution in [0.3, 0.4) is 0 Å². The lowest BCUT2D eigenvalue weighted by Gasteiger charge is -2.43. The van der Waals surface area contributed by atoms with Crippen molar-refractivity contribution in [3.05, 3.63) is 41.2 Å². The molecule has 43 heavy (non-hydrogen) atoms. The van der Waals surface area contributed by atoms with Gasteiger partial charge in [-0.25, -0.2) is 0 Å². The van der Waals surface area contributed by atoms with Crippen LogP contribution in [-0.2, 0) is 24.6 Å². The van der Waals surface area contributed by atoms with Gasteiger partial charge in [-0.2, -0.15) is 13.9 Å². The van der Waals surface area contributed by atoms with Crippen LogP contribution in [0.1, 0.15) is 71.9 Å². The van der Waals surface area contributed by atoms with Crippen molar-refractivity contribution >= 4 is 29.2 Å². The highest BCUT2D eigenvalue weighted by atomic mass is 35.5. The summed E-state index contributed by atoms with van der Waals surface area (Å²) in [6.45, 7) is 8.73. The first-order valence-corrected chi connectivity index (χ1v) is 15.5. The fourth-order valence-corrected chi connectivity index (χ4v) is 6.67. The van der Waals surface area contributed by atoms with E-state index in [0.29, 0.717) is 39.1 Å². The first-order chi connectivity index (χ1) is 20.4. The van der Waals surface area contributed by atoms with E-state index in [9.17, 15) is 18.4 Å². The van der Waals surface area contributed by atoms with Gasteiger partial charge in [0.15, 0.2) is 5.75 Å². The van der Waals surface area contributed by atoms with Gasteiger partial charge in [-0.3, -0.25) is 14.3 Å². The van der Waals surface area contributed by atoms with E-state index in [0.717, 1.165) is 18.5 Å². The van der Waals surface area contributed by atoms with Crippen LogP contribution < -0.4 is 10.1 Å². The second kappa shape index (κ2) is 14.3. The molecule has 1 amide bonds. The number of piperidine rings is 1. The van der Waals surface area contributed by atoms with E-state index in [-0.39, 0.29) is 58.3 Å². The van der Waals surface area contributed by atoms with E-state index >= 15 is 0 Å². The molecule has 0 spiro atoms. The van der Waals surface area contributed by atoms with Crippen LogP contribution in [0, 0.1) is 11.8 Å². The van der Waals surface area contributed by atoms with Crippen molar-refractivity contribution in [3.8, 4) is 5.75 Å². The smallest absolute Gasteiger partial charge is 0.387 e. The number of hydrogen-bond donors (Lipinski definition) is 1. The third-order valence-corrected chi connectivity index (χ3v) is 8.77. The highest BCUT2D eigenvalue weighted by Crippen LogP contribution is 2.38. The molecule has 238 valence electrons. The normalized spacial score (nSPS) is 23.3. The molecule has 2 unspecified atom stereocenters. The van der Waals surface area contributed by atoms with Gasteiger partial charge in [0.2, 0.25) is 0 Å². The molecule has 1 aromatic heterocycles. The van der Waals surface area contributed by atoms with Crippen LogP contribution in [0.4, 0.5) is 14.5 Å². The minimum Gasteiger partial charge on any atom is -0.466 e. The summed E-state index contributed by atoms with van der Waals surface area (Å²) in [6, 6.07) is 6.10. The molecule has 2 saturated heterocycles. The van der Waals surface area contributed by atoms with Crippen LogP contribution in [-0.4, -0.2) is 71.6 Å². The summed E-state index contributed by atoms with van der Waals surface area (Å²) in [7, 11) is 0. The Bertz CT molecular complexity index is 1240. The Morgan fingerprint density at radius 1 is 1.16 bits per heavy atom. The maximum Gasteiger partial charge on any atom is 0.387 e. The van der Waals surface area contributed by atoms with Crippen LogP contribution in [0.5, 0.6) is 5.75 Å². The first-order valence-electron chi connectivity index (χ1n) is 15.1. The van der Waals surface area contributed by atoms with Crippen LogP contribution >= 0.6 is 11.6 Å². The molecule has 1 N–H and O–H groups in total. The highest BCUT2D eigenvalue weighted by Gasteiger charge is 2.46. The van der Waals surface area contributed by atoms with Crippen LogP contribution in [0.25, 0.3) is 0 Å². The number of amides is 1. The Labute approximate surface area is 257 Å². The number of anilines is 1. The maximum absolute atomic E-state index is 14.2. The van der Waals surface area contributed by atoms with E-state index in [2.05, 4.69) is 20.1 Å². The molecule has 2 aliphatic heterocycles. The summed E-state index contributed by atoms with van der Waals surface area (Å²) in [6.07, 6.45) is 4.15. The minimum atomic E-state index is -3.08. The van der Waals surface area contributed by atoms with Gasteiger partial charge in [0.25, 0.3) is 5.91 Å². The SMILES string of the molecule is CCOC(=O)C(CN1CCC(C(=O)Nc2ccc(Cl)cc2OC(F)F)(n2nccc2C(C)C)CC1)C1C[C@@H](C)O[C@@H](C)C1. The number of likely N-dealkylation sites (tertiary alicyclic amines) is 1. The van der Waals surface area contributed by atoms with Gasteiger partial charge in [0.1, 0.15) is 5.54 Å². The van der Waals surface area contributed by atoms with Gasteiger partial charge in [-0.05, 0) is 76.5 Å². The molecule has 4 atom stereocenters. The molecular weight excluding hydrogens is 582 g/mol. The van der Waals surface area contributed by atoms with Crippen LogP contribution in [0.15, 0.2) is 30.5 Å². The Morgan fingerprint density at radius 3 is 2.44 bits per heavy atom. The van der Waals surface area contributed by atoms with Gasteiger partial charge in [0, 0.05) is 42.6 Å². The Balaban J connectivity index is 1.59. The monoisotopic (exact) mass is 624 g/mol. The summed E-state index contributed by atoms with van der Waals surface area (Å²) in [4.78, 5) is 29.5. The number of aromatic nitrogens is 2. The second-order valence-corrected chi connectivity index (χ2v) is 12.4. The second-order valence-electron chi connectivity index (χ2n) is 12.0. The molecule has 3 heterocycles. The summed E-state index contributed by atoms with van der Waals surface area (Å²) in [5.74, 6) is -0.895. The zero-order valence-electron chi connectivity index (χ0n) is 25.5. The molecule has 0 bridgehead atoms. The number of nitrogens with zero attached hydrogens (tertiary/aromatic N) is 3. The van der Waals surface area contributed by atoms with E-state index in [1.54, 1.807) is 10.9 Å². The number of rotatable bonds is 11. The van der Waals surface area contributed by atoms with Crippen LogP contribution in [0.2, 0.25) is 5.02 Å². The zero-order valence-corrected chi connectivity index (χ0v) is 26.3. The average Bonchev–Trinajstić information content (AvgIpc) is 3.44. The number of esters is 1. The Hall–Kier alpha value is -2.76. The number of carbonyl (C=O) groups is 2. The van der Waals surface area contributed by atoms with Gasteiger partial charge in [-0.15, -0.1) is 0 Å². The van der Waals surface area contributed by atoms with Crippen molar-refractivity contribution < 1.29 is 32.6 Å². The number of hydrogen-bond acceptors (Lipinski definition) is 7. The summed E-state index contributed by atoms with van der Waals surface area (Å²) in [5, 5.41) is 7.63. The van der Waals surface area contributed by atoms with Crippen molar-refractivity contribution in [2.45, 2.75) is 90.6 Å². The number of nitrogens with one attached hydrogen (secondary N) is 1. The van der Waals surface area contributed by atoms with E-state index in [1.165, 1.54) is 18.2 Å². The van der Waals surface area contributed by atoms with E-state index < -0.39 is 12.2 Å². The molecule has 2 aliphatic rings. The number of alkyl halides is 2. The lowest BCUT2D eigenvalue weighted by atomic mass is 9.80. The average molecular weight is 625 g/mol. The van der Waals surface area contributed by atoms with Gasteiger partial charge < -0.3 is 24.4 Å². The molecule has 2 fully saturated rings. The van der Waals surface area contributed by atoms with Crippen molar-refractivity contribution in [3.63, 3.8) is 0 Å². The molecule has 1 aromatic carbocycles. The molecule has 0 aliphatic carbocycles. The topological polar surface area (TPSA) is 94.9 Å². The van der Waals surface area contributed by atoms with Crippen molar-refractivity contribution in [1.29, 1.82) is 0 Å². The summed E-state index contributed by atoms with van der Waals surface area (Å²) >= 11 is 6.02. The molecule has 9 nitrogen and oxygen atoms in total. The summed E-state index contributed by atoms with van der Waals surface area (Å²) in [5.41, 5.74) is -0.110. The number of benzene rings is 1. The standard InChI is InChI=1S/C31H43ClF2N4O5/c1-6-41-28(39)24(22-15-20(4)42-21(5)16-22)18-37-13-10-31(11-14-37,38-26(19(2)3)9-12-35-38)29(40)36-25-8-7-23(32)17-27(25)43-30(33)34/h7-9,12,17,19-22,24,30H,6,10-11,13-16,18H2,1-5H3,(H,36,40)/t20-,21+,22?,24?. The summed E-state index contributed by atoms with van der Waals surface area (Å²) < 4.78 is 44.2. The fourth-order valence-electron chi connectivity index (χ4n) is 6.51. The molecule has 0 saturated carbocycles. The Morgan fingerprint density at radius 2 is 1.84 bits per heavy atom. The third-order valence-electron chi connectivity index (χ3n) is 8.53. The number of carbonyl (C=O) groups excluding carboxylic acids is 2. The van der Waals surface area contributed by atoms with Gasteiger partial charge >= 0.3 is 12.6 Å². The van der Waals surface area contributed by atoms with Crippen molar-refractivity contribution in [1.82, 2.24) is 14.7 Å². The first kappa shape index (κ1) is 33.1. The molecular formula is C31H43ClF2N4O5. The lowest BCUT2D eigenvalue weighted by molar-refractivity contribution is -0.155. The Kier molecular flexibility index (Phi) is 11.1. The van der Waals surface area contributed by atoms with Crippen molar-refractivity contribution in [2.24, 2.45) is 11.8 Å². The quantitative estimate of drug-likeness (QED) is 0.303. The van der Waals surface area contributed by atoms with E-state index in [1.807, 2.05) is 40.7 Å². The molecule has 12 heteroatoms. The molecule has 0 radical (unpaired) electrons. The zero-order chi connectivity index (χ0) is 31.3. The van der Waals surface area contributed by atoms with Crippen molar-refractivity contribution in [2.75, 3.05) is 31.6 Å². The largest absolute Gasteiger partial charge is 0.466 e. The van der Waals surface area contributed by atoms with Gasteiger partial charge in [0.05, 0.1) is 30.4 Å². The van der Waals surface area contributed by atoms with Gasteiger partial charge in [-0.1, -0.05) is 25.4 Å². The third kappa shape index (κ3) is 7.85. The molecule has 2 aromatic rings. The number of halogens is 3. The maximum atomic E-state index is 14.2. The lowest BCUT2D eigenvalue weighted by Crippen LogP contribution is -2.55. The van der Waals surface area contributed by atoms with E-state index in [4.69, 9.17) is 21.1 Å². The number of ether oxygens (including phenoxy) is 3. The predicted octanol–water partition coefficient (Wildman–Crippen LogP) is 6.07. The highest BCUT2D eigenvalue weighted by molar-refractivity contribution is 6.30. The molecule has 4 rings (SSSR count).